The minimum absolute atomic E-state index is 0.618. The van der Waals surface area contributed by atoms with Crippen molar-refractivity contribution in [2.24, 2.45) is 0 Å². The average Bonchev–Trinajstić information content (AvgIpc) is 2.88. The molecule has 0 aliphatic carbocycles. The van der Waals surface area contributed by atoms with E-state index in [9.17, 15) is 0 Å². The third-order valence-corrected chi connectivity index (χ3v) is 4.49. The maximum Gasteiger partial charge on any atom is 0.198 e. The van der Waals surface area contributed by atoms with Gasteiger partial charge >= 0.3 is 0 Å². The van der Waals surface area contributed by atoms with E-state index in [-0.39, 0.29) is 0 Å². The standard InChI is InChI=1S/C17H18NS/c1-3-7-15(8-4-1)11-17-13-19-14-18(17)12-16-9-5-2-6-10-16/h1-10,14,17H,11-13H2/q+1. The molecule has 0 aromatic heterocycles. The molecule has 3 rings (SSSR count). The molecule has 0 N–H and O–H groups in total. The van der Waals surface area contributed by atoms with Crippen LogP contribution < -0.4 is 0 Å². The average molecular weight is 268 g/mol. The topological polar surface area (TPSA) is 3.01 Å². The van der Waals surface area contributed by atoms with Crippen molar-refractivity contribution in [2.45, 2.75) is 19.0 Å². The van der Waals surface area contributed by atoms with E-state index in [1.807, 2.05) is 11.8 Å². The molecule has 1 nitrogen and oxygen atoms in total. The number of benzene rings is 2. The smallest absolute Gasteiger partial charge is 0.198 e. The summed E-state index contributed by atoms with van der Waals surface area (Å²) in [5, 5.41) is 0. The second kappa shape index (κ2) is 6.07. The van der Waals surface area contributed by atoms with E-state index in [1.165, 1.54) is 16.9 Å². The normalized spacial score (nSPS) is 18.3. The lowest BCUT2D eigenvalue weighted by Crippen LogP contribution is -2.26. The van der Waals surface area contributed by atoms with E-state index in [0.29, 0.717) is 6.04 Å². The first kappa shape index (κ1) is 12.5. The van der Waals surface area contributed by atoms with Crippen LogP contribution in [0.1, 0.15) is 11.1 Å². The third kappa shape index (κ3) is 3.27. The van der Waals surface area contributed by atoms with Gasteiger partial charge in [0.15, 0.2) is 18.1 Å². The van der Waals surface area contributed by atoms with E-state index in [4.69, 9.17) is 0 Å². The fourth-order valence-electron chi connectivity index (χ4n) is 2.45. The fourth-order valence-corrected chi connectivity index (χ4v) is 3.51. The Morgan fingerprint density at radius 3 is 2.21 bits per heavy atom. The zero-order valence-electron chi connectivity index (χ0n) is 10.9. The summed E-state index contributed by atoms with van der Waals surface area (Å²) in [5.41, 5.74) is 5.11. The lowest BCUT2D eigenvalue weighted by Gasteiger charge is -2.10. The van der Waals surface area contributed by atoms with E-state index in [0.717, 1.165) is 13.0 Å². The molecule has 1 atom stereocenters. The third-order valence-electron chi connectivity index (χ3n) is 3.49. The van der Waals surface area contributed by atoms with Crippen LogP contribution in [0.25, 0.3) is 0 Å². The molecule has 0 saturated carbocycles. The van der Waals surface area contributed by atoms with Gasteiger partial charge < -0.3 is 0 Å². The van der Waals surface area contributed by atoms with Crippen LogP contribution in [-0.2, 0) is 13.0 Å². The number of hydrogen-bond acceptors (Lipinski definition) is 1. The van der Waals surface area contributed by atoms with Crippen LogP contribution in [-0.4, -0.2) is 21.9 Å². The van der Waals surface area contributed by atoms with Gasteiger partial charge in [-0.25, -0.2) is 4.58 Å². The van der Waals surface area contributed by atoms with Crippen molar-refractivity contribution < 1.29 is 4.58 Å². The van der Waals surface area contributed by atoms with E-state index in [1.54, 1.807) is 0 Å². The zero-order chi connectivity index (χ0) is 12.9. The first-order valence-electron chi connectivity index (χ1n) is 6.70. The zero-order valence-corrected chi connectivity index (χ0v) is 11.7. The highest BCUT2D eigenvalue weighted by Gasteiger charge is 2.26. The van der Waals surface area contributed by atoms with Crippen LogP contribution >= 0.6 is 11.8 Å². The molecular formula is C17H18NS+. The minimum atomic E-state index is 0.618. The largest absolute Gasteiger partial charge is 0.222 e. The van der Waals surface area contributed by atoms with Crippen molar-refractivity contribution in [3.05, 3.63) is 71.8 Å². The second-order valence-corrected chi connectivity index (χ2v) is 5.82. The van der Waals surface area contributed by atoms with Crippen LogP contribution in [0.3, 0.4) is 0 Å². The van der Waals surface area contributed by atoms with Crippen molar-refractivity contribution >= 4 is 17.3 Å². The van der Waals surface area contributed by atoms with Gasteiger partial charge in [0.1, 0.15) is 0 Å². The van der Waals surface area contributed by atoms with Gasteiger partial charge in [-0.1, -0.05) is 72.4 Å². The van der Waals surface area contributed by atoms with E-state index in [2.05, 4.69) is 70.8 Å². The number of thioether (sulfide) groups is 1. The molecule has 0 bridgehead atoms. The van der Waals surface area contributed by atoms with Gasteiger partial charge in [-0.2, -0.15) is 0 Å². The molecule has 1 aliphatic heterocycles. The van der Waals surface area contributed by atoms with Gasteiger partial charge in [0, 0.05) is 12.0 Å². The Kier molecular flexibility index (Phi) is 3.99. The summed E-state index contributed by atoms with van der Waals surface area (Å²) in [6.07, 6.45) is 1.14. The maximum absolute atomic E-state index is 2.48. The molecule has 2 aromatic carbocycles. The molecule has 0 saturated heterocycles. The van der Waals surface area contributed by atoms with Gasteiger partial charge in [-0.05, 0) is 5.56 Å². The summed E-state index contributed by atoms with van der Waals surface area (Å²) in [6, 6.07) is 22.1. The molecule has 19 heavy (non-hydrogen) atoms. The molecule has 1 unspecified atom stereocenters. The minimum Gasteiger partial charge on any atom is -0.222 e. The van der Waals surface area contributed by atoms with E-state index >= 15 is 0 Å². The predicted octanol–water partition coefficient (Wildman–Crippen LogP) is 3.59. The number of rotatable bonds is 4. The highest BCUT2D eigenvalue weighted by atomic mass is 32.2. The first-order valence-corrected chi connectivity index (χ1v) is 7.75. The molecular weight excluding hydrogens is 250 g/mol. The van der Waals surface area contributed by atoms with Gasteiger partial charge in [-0.3, -0.25) is 0 Å². The van der Waals surface area contributed by atoms with Crippen LogP contribution in [0.4, 0.5) is 0 Å². The summed E-state index contributed by atoms with van der Waals surface area (Å²) in [6.45, 7) is 1.02. The van der Waals surface area contributed by atoms with Crippen molar-refractivity contribution in [2.75, 3.05) is 5.75 Å². The van der Waals surface area contributed by atoms with Crippen LogP contribution in [0.5, 0.6) is 0 Å². The second-order valence-electron chi connectivity index (χ2n) is 4.94. The van der Waals surface area contributed by atoms with Gasteiger partial charge in [0.25, 0.3) is 0 Å². The Balaban J connectivity index is 1.68. The van der Waals surface area contributed by atoms with Crippen molar-refractivity contribution in [3.8, 4) is 0 Å². The molecule has 0 radical (unpaired) electrons. The van der Waals surface area contributed by atoms with Crippen molar-refractivity contribution in [1.29, 1.82) is 0 Å². The maximum atomic E-state index is 2.48. The Labute approximate surface area is 119 Å². The fraction of sp³-hybridized carbons (Fsp3) is 0.235. The quantitative estimate of drug-likeness (QED) is 0.766. The molecule has 1 heterocycles. The predicted molar refractivity (Wildman–Crippen MR) is 82.9 cm³/mol. The van der Waals surface area contributed by atoms with Gasteiger partial charge in [0.2, 0.25) is 0 Å². The summed E-state index contributed by atoms with van der Waals surface area (Å²) in [4.78, 5) is 0. The SMILES string of the molecule is C1=[N+](Cc2ccccc2)C(Cc2ccccc2)CS1. The number of nitrogens with zero attached hydrogens (tertiary/aromatic N) is 1. The molecule has 2 aromatic rings. The summed E-state index contributed by atoms with van der Waals surface area (Å²) in [7, 11) is 0. The van der Waals surface area contributed by atoms with Crippen molar-refractivity contribution in [1.82, 2.24) is 0 Å². The molecule has 0 fully saturated rings. The Hall–Kier alpha value is -1.54. The van der Waals surface area contributed by atoms with Crippen LogP contribution in [0.2, 0.25) is 0 Å². The van der Waals surface area contributed by atoms with Gasteiger partial charge in [0.05, 0.1) is 5.75 Å². The highest BCUT2D eigenvalue weighted by Crippen LogP contribution is 2.18. The van der Waals surface area contributed by atoms with Crippen LogP contribution in [0.15, 0.2) is 60.7 Å². The summed E-state index contributed by atoms with van der Waals surface area (Å²) >= 11 is 1.93. The molecule has 2 heteroatoms. The Morgan fingerprint density at radius 2 is 1.53 bits per heavy atom. The molecule has 0 spiro atoms. The monoisotopic (exact) mass is 268 g/mol. The van der Waals surface area contributed by atoms with Crippen LogP contribution in [0, 0.1) is 0 Å². The number of hydrogen-bond donors (Lipinski definition) is 0. The lowest BCUT2D eigenvalue weighted by atomic mass is 10.1. The molecule has 96 valence electrons. The highest BCUT2D eigenvalue weighted by molar-refractivity contribution is 8.12. The summed E-state index contributed by atoms with van der Waals surface area (Å²) in [5.74, 6) is 1.20. The summed E-state index contributed by atoms with van der Waals surface area (Å²) < 4.78 is 2.48. The van der Waals surface area contributed by atoms with Gasteiger partial charge in [-0.15, -0.1) is 0 Å². The van der Waals surface area contributed by atoms with E-state index < -0.39 is 0 Å². The molecule has 0 amide bonds. The first-order chi connectivity index (χ1) is 9.42. The lowest BCUT2D eigenvalue weighted by molar-refractivity contribution is -0.567. The Bertz CT molecular complexity index is 548. The molecule has 1 aliphatic rings. The Morgan fingerprint density at radius 1 is 0.895 bits per heavy atom. The van der Waals surface area contributed by atoms with Crippen molar-refractivity contribution in [3.63, 3.8) is 0 Å².